The molecule has 2 aromatic carbocycles. The van der Waals surface area contributed by atoms with E-state index in [0.717, 1.165) is 11.1 Å². The molecule has 0 aliphatic heterocycles. The quantitative estimate of drug-likeness (QED) is 0.622. The molecule has 0 bridgehead atoms. The maximum Gasteiger partial charge on any atom is 0.0697 e. The number of benzene rings is 2. The van der Waals surface area contributed by atoms with Crippen LogP contribution in [0.2, 0.25) is 0 Å². The minimum absolute atomic E-state index is 0. The Balaban J connectivity index is 0.000000640. The van der Waals surface area contributed by atoms with Crippen molar-refractivity contribution in [3.8, 4) is 11.1 Å². The third-order valence-corrected chi connectivity index (χ3v) is 2.68. The molecule has 0 saturated heterocycles. The van der Waals surface area contributed by atoms with E-state index in [0.29, 0.717) is 5.71 Å². The molecule has 0 spiro atoms. The third-order valence-electron chi connectivity index (χ3n) is 2.68. The van der Waals surface area contributed by atoms with Gasteiger partial charge in [-0.05, 0) is 11.1 Å². The van der Waals surface area contributed by atoms with Crippen LogP contribution in [0.15, 0.2) is 48.5 Å². The van der Waals surface area contributed by atoms with Gasteiger partial charge in [-0.2, -0.15) is 0 Å². The number of nitrogens with one attached hydrogen (secondary N) is 1. The standard InChI is InChI=1S/C13H9N.H2O.W/c14-13-11-7-3-1-5-9(11)10-6-2-4-8-12(10)13;;/h1-8,14H;1H2;. The Kier molecular flexibility index (Phi) is 3.79. The normalized spacial score (nSPS) is 10.9. The molecule has 80 valence electrons. The van der Waals surface area contributed by atoms with Gasteiger partial charge in [0.05, 0.1) is 5.71 Å². The summed E-state index contributed by atoms with van der Waals surface area (Å²) in [5, 5.41) is 8.01. The van der Waals surface area contributed by atoms with Gasteiger partial charge in [0.25, 0.3) is 0 Å². The van der Waals surface area contributed by atoms with Crippen LogP contribution in [0.5, 0.6) is 0 Å². The molecule has 2 aromatic rings. The van der Waals surface area contributed by atoms with E-state index < -0.39 is 0 Å². The molecule has 0 unspecified atom stereocenters. The smallest absolute Gasteiger partial charge is 0.0697 e. The summed E-state index contributed by atoms with van der Waals surface area (Å²) in [6.45, 7) is 0. The molecule has 0 amide bonds. The van der Waals surface area contributed by atoms with Gasteiger partial charge in [-0.15, -0.1) is 0 Å². The SMILES string of the molecule is N=C1c2ccccc2-c2ccccc21.O.[W]. The molecule has 0 fully saturated rings. The summed E-state index contributed by atoms with van der Waals surface area (Å²) in [4.78, 5) is 0. The van der Waals surface area contributed by atoms with Gasteiger partial charge in [0, 0.05) is 32.2 Å². The van der Waals surface area contributed by atoms with Crippen molar-refractivity contribution in [2.45, 2.75) is 0 Å². The van der Waals surface area contributed by atoms with E-state index in [1.165, 1.54) is 11.1 Å². The van der Waals surface area contributed by atoms with Crippen LogP contribution in [-0.4, -0.2) is 11.2 Å². The van der Waals surface area contributed by atoms with E-state index in [1.54, 1.807) is 0 Å². The summed E-state index contributed by atoms with van der Waals surface area (Å²) >= 11 is 0. The van der Waals surface area contributed by atoms with Crippen LogP contribution in [0.1, 0.15) is 11.1 Å². The minimum Gasteiger partial charge on any atom is -0.412 e. The topological polar surface area (TPSA) is 55.4 Å². The van der Waals surface area contributed by atoms with Crippen LogP contribution in [0.4, 0.5) is 0 Å². The Hall–Kier alpha value is -1.24. The Labute approximate surface area is 108 Å². The van der Waals surface area contributed by atoms with E-state index >= 15 is 0 Å². The fourth-order valence-corrected chi connectivity index (χ4v) is 2.02. The zero-order chi connectivity index (χ0) is 9.54. The van der Waals surface area contributed by atoms with E-state index in [-0.39, 0.29) is 26.5 Å². The second-order valence-corrected chi connectivity index (χ2v) is 3.47. The first-order valence-corrected chi connectivity index (χ1v) is 4.65. The number of fused-ring (bicyclic) bond motifs is 3. The molecule has 0 heterocycles. The minimum atomic E-state index is 0. The second kappa shape index (κ2) is 4.73. The van der Waals surface area contributed by atoms with Gasteiger partial charge in [0.15, 0.2) is 0 Å². The molecule has 3 rings (SSSR count). The van der Waals surface area contributed by atoms with E-state index in [9.17, 15) is 0 Å². The molecule has 0 radical (unpaired) electrons. The predicted molar refractivity (Wildman–Crippen MR) is 61.4 cm³/mol. The number of hydrogen-bond acceptors (Lipinski definition) is 1. The summed E-state index contributed by atoms with van der Waals surface area (Å²) in [5.74, 6) is 0. The zero-order valence-electron chi connectivity index (χ0n) is 8.53. The van der Waals surface area contributed by atoms with E-state index in [4.69, 9.17) is 5.41 Å². The fourth-order valence-electron chi connectivity index (χ4n) is 2.02. The van der Waals surface area contributed by atoms with Crippen LogP contribution in [0, 0.1) is 5.41 Å². The van der Waals surface area contributed by atoms with Gasteiger partial charge in [-0.3, -0.25) is 5.41 Å². The summed E-state index contributed by atoms with van der Waals surface area (Å²) in [7, 11) is 0. The molecule has 16 heavy (non-hydrogen) atoms. The average Bonchev–Trinajstić information content (AvgIpc) is 2.55. The van der Waals surface area contributed by atoms with Gasteiger partial charge in [-0.1, -0.05) is 48.5 Å². The summed E-state index contributed by atoms with van der Waals surface area (Å²) in [6.07, 6.45) is 0. The molecule has 0 atom stereocenters. The Morgan fingerprint density at radius 3 is 1.31 bits per heavy atom. The average molecular weight is 381 g/mol. The maximum atomic E-state index is 8.01. The second-order valence-electron chi connectivity index (χ2n) is 3.47. The predicted octanol–water partition coefficient (Wildman–Crippen LogP) is 2.26. The molecular weight excluding hydrogens is 370 g/mol. The van der Waals surface area contributed by atoms with Gasteiger partial charge in [0.2, 0.25) is 0 Å². The Morgan fingerprint density at radius 2 is 0.938 bits per heavy atom. The van der Waals surface area contributed by atoms with Crippen LogP contribution >= 0.6 is 0 Å². The molecule has 1 aliphatic rings. The molecule has 0 aromatic heterocycles. The fraction of sp³-hybridized carbons (Fsp3) is 0. The van der Waals surface area contributed by atoms with Gasteiger partial charge in [0.1, 0.15) is 0 Å². The summed E-state index contributed by atoms with van der Waals surface area (Å²) in [6, 6.07) is 16.2. The largest absolute Gasteiger partial charge is 0.412 e. The van der Waals surface area contributed by atoms with Crippen molar-refractivity contribution in [1.29, 1.82) is 5.41 Å². The van der Waals surface area contributed by atoms with E-state index in [1.807, 2.05) is 36.4 Å². The van der Waals surface area contributed by atoms with Gasteiger partial charge in [-0.25, -0.2) is 0 Å². The van der Waals surface area contributed by atoms with Gasteiger partial charge >= 0.3 is 0 Å². The zero-order valence-corrected chi connectivity index (χ0v) is 11.5. The number of hydrogen-bond donors (Lipinski definition) is 1. The van der Waals surface area contributed by atoms with Crippen LogP contribution in [-0.2, 0) is 21.1 Å². The summed E-state index contributed by atoms with van der Waals surface area (Å²) < 4.78 is 0. The molecule has 2 nitrogen and oxygen atoms in total. The Morgan fingerprint density at radius 1 is 0.625 bits per heavy atom. The molecular formula is C13H11NOW. The van der Waals surface area contributed by atoms with Gasteiger partial charge < -0.3 is 5.48 Å². The monoisotopic (exact) mass is 381 g/mol. The van der Waals surface area contributed by atoms with Crippen LogP contribution in [0.3, 0.4) is 0 Å². The first kappa shape index (κ1) is 12.8. The van der Waals surface area contributed by atoms with Crippen LogP contribution in [0.25, 0.3) is 11.1 Å². The first-order chi connectivity index (χ1) is 6.88. The van der Waals surface area contributed by atoms with Crippen molar-refractivity contribution in [1.82, 2.24) is 0 Å². The van der Waals surface area contributed by atoms with Crippen molar-refractivity contribution in [2.75, 3.05) is 0 Å². The molecule has 3 N–H and O–H groups in total. The van der Waals surface area contributed by atoms with Crippen molar-refractivity contribution in [2.24, 2.45) is 0 Å². The Bertz CT molecular complexity index is 489. The molecule has 1 aliphatic carbocycles. The molecule has 3 heteroatoms. The third kappa shape index (κ3) is 1.64. The van der Waals surface area contributed by atoms with Crippen molar-refractivity contribution >= 4 is 5.71 Å². The maximum absolute atomic E-state index is 8.01. The van der Waals surface area contributed by atoms with Crippen LogP contribution < -0.4 is 0 Å². The first-order valence-electron chi connectivity index (χ1n) is 4.65. The van der Waals surface area contributed by atoms with Crippen molar-refractivity contribution in [3.63, 3.8) is 0 Å². The number of rotatable bonds is 0. The summed E-state index contributed by atoms with van der Waals surface area (Å²) in [5.41, 5.74) is 5.12. The van der Waals surface area contributed by atoms with E-state index in [2.05, 4.69) is 12.1 Å². The van der Waals surface area contributed by atoms with Crippen molar-refractivity contribution < 1.29 is 26.5 Å². The van der Waals surface area contributed by atoms with Crippen molar-refractivity contribution in [3.05, 3.63) is 59.7 Å². The molecule has 0 saturated carbocycles.